The van der Waals surface area contributed by atoms with Crippen LogP contribution in [0, 0.1) is 6.92 Å². The highest BCUT2D eigenvalue weighted by Gasteiger charge is 2.24. The van der Waals surface area contributed by atoms with Crippen LogP contribution in [0.3, 0.4) is 0 Å². The number of thioether (sulfide) groups is 1. The van der Waals surface area contributed by atoms with E-state index in [9.17, 15) is 5.11 Å². The number of halogens is 1. The van der Waals surface area contributed by atoms with Crippen molar-refractivity contribution in [1.29, 1.82) is 0 Å². The van der Waals surface area contributed by atoms with E-state index in [1.165, 1.54) is 0 Å². The molecular weight excluding hydrogens is 244 g/mol. The summed E-state index contributed by atoms with van der Waals surface area (Å²) in [6.07, 6.45) is -0.691. The maximum Gasteiger partial charge on any atom is 0.106 e. The molecule has 1 heterocycles. The van der Waals surface area contributed by atoms with Crippen molar-refractivity contribution in [2.45, 2.75) is 19.1 Å². The fourth-order valence-corrected chi connectivity index (χ4v) is 2.78. The van der Waals surface area contributed by atoms with Crippen molar-refractivity contribution < 1.29 is 9.84 Å². The molecule has 0 radical (unpaired) electrons. The smallest absolute Gasteiger partial charge is 0.106 e. The minimum atomic E-state index is -0.578. The van der Waals surface area contributed by atoms with E-state index in [1.54, 1.807) is 0 Å². The third kappa shape index (κ3) is 2.72. The number of benzene rings is 1. The zero-order chi connectivity index (χ0) is 11.5. The first-order chi connectivity index (χ1) is 7.68. The summed E-state index contributed by atoms with van der Waals surface area (Å²) in [5, 5.41) is 10.9. The summed E-state index contributed by atoms with van der Waals surface area (Å²) in [6, 6.07) is 5.66. The Hall–Kier alpha value is -0.220. The van der Waals surface area contributed by atoms with Gasteiger partial charge in [0.05, 0.1) is 12.7 Å². The van der Waals surface area contributed by atoms with Gasteiger partial charge in [0.25, 0.3) is 0 Å². The van der Waals surface area contributed by atoms with Gasteiger partial charge in [0, 0.05) is 16.5 Å². The van der Waals surface area contributed by atoms with Gasteiger partial charge in [-0.3, -0.25) is 0 Å². The molecule has 2 atom stereocenters. The molecular formula is C12H15ClO2S. The van der Waals surface area contributed by atoms with Crippen molar-refractivity contribution in [3.63, 3.8) is 0 Å². The molecule has 0 bridgehead atoms. The molecule has 2 unspecified atom stereocenters. The number of aliphatic hydroxyl groups excluding tert-OH is 1. The molecule has 0 saturated carbocycles. The first kappa shape index (κ1) is 12.2. The summed E-state index contributed by atoms with van der Waals surface area (Å²) in [5.41, 5.74) is 1.86. The SMILES string of the molecule is Cc1ccc(C(O)C2CSCCO2)cc1Cl. The van der Waals surface area contributed by atoms with Crippen molar-refractivity contribution in [2.75, 3.05) is 18.1 Å². The molecule has 16 heavy (non-hydrogen) atoms. The van der Waals surface area contributed by atoms with Crippen LogP contribution in [0.5, 0.6) is 0 Å². The second kappa shape index (κ2) is 5.41. The summed E-state index contributed by atoms with van der Waals surface area (Å²) in [5.74, 6) is 1.85. The van der Waals surface area contributed by atoms with Gasteiger partial charge in [-0.05, 0) is 24.1 Å². The molecule has 0 aliphatic carbocycles. The summed E-state index contributed by atoms with van der Waals surface area (Å²) in [7, 11) is 0. The summed E-state index contributed by atoms with van der Waals surface area (Å²) in [4.78, 5) is 0. The number of rotatable bonds is 2. The number of aliphatic hydroxyl groups is 1. The molecule has 1 aromatic rings. The summed E-state index contributed by atoms with van der Waals surface area (Å²) >= 11 is 7.86. The normalized spacial score (nSPS) is 23.1. The minimum Gasteiger partial charge on any atom is -0.386 e. The Morgan fingerprint density at radius 3 is 3.00 bits per heavy atom. The molecule has 0 spiro atoms. The molecule has 2 rings (SSSR count). The molecule has 1 fully saturated rings. The fraction of sp³-hybridized carbons (Fsp3) is 0.500. The second-order valence-electron chi connectivity index (χ2n) is 3.94. The Morgan fingerprint density at radius 1 is 1.56 bits per heavy atom. The molecule has 1 aromatic carbocycles. The molecule has 1 aliphatic heterocycles. The van der Waals surface area contributed by atoms with Crippen molar-refractivity contribution in [3.05, 3.63) is 34.3 Å². The second-order valence-corrected chi connectivity index (χ2v) is 5.49. The topological polar surface area (TPSA) is 29.5 Å². The molecule has 1 saturated heterocycles. The number of ether oxygens (including phenoxy) is 1. The van der Waals surface area contributed by atoms with Crippen molar-refractivity contribution in [3.8, 4) is 0 Å². The molecule has 1 aliphatic rings. The van der Waals surface area contributed by atoms with Gasteiger partial charge >= 0.3 is 0 Å². The van der Waals surface area contributed by atoms with E-state index < -0.39 is 6.10 Å². The van der Waals surface area contributed by atoms with Crippen LogP contribution in [-0.4, -0.2) is 29.3 Å². The van der Waals surface area contributed by atoms with E-state index in [2.05, 4.69) is 0 Å². The van der Waals surface area contributed by atoms with Gasteiger partial charge in [0.15, 0.2) is 0 Å². The van der Waals surface area contributed by atoms with Crippen LogP contribution in [0.4, 0.5) is 0 Å². The zero-order valence-corrected chi connectivity index (χ0v) is 10.7. The van der Waals surface area contributed by atoms with Crippen LogP contribution in [-0.2, 0) is 4.74 Å². The Morgan fingerprint density at radius 2 is 2.38 bits per heavy atom. The van der Waals surface area contributed by atoms with Crippen LogP contribution >= 0.6 is 23.4 Å². The molecule has 4 heteroatoms. The fourth-order valence-electron chi connectivity index (χ4n) is 1.70. The lowest BCUT2D eigenvalue weighted by Gasteiger charge is -2.27. The Balaban J connectivity index is 2.12. The third-order valence-electron chi connectivity index (χ3n) is 2.73. The summed E-state index contributed by atoms with van der Waals surface area (Å²) in [6.45, 7) is 2.66. The molecule has 0 amide bonds. The third-order valence-corrected chi connectivity index (χ3v) is 4.16. The van der Waals surface area contributed by atoms with E-state index in [0.717, 1.165) is 22.6 Å². The lowest BCUT2D eigenvalue weighted by Crippen LogP contribution is -2.29. The van der Waals surface area contributed by atoms with E-state index >= 15 is 0 Å². The van der Waals surface area contributed by atoms with E-state index in [-0.39, 0.29) is 6.10 Å². The molecule has 0 aromatic heterocycles. The van der Waals surface area contributed by atoms with Crippen molar-refractivity contribution >= 4 is 23.4 Å². The highest BCUT2D eigenvalue weighted by atomic mass is 35.5. The van der Waals surface area contributed by atoms with Crippen molar-refractivity contribution in [2.24, 2.45) is 0 Å². The average molecular weight is 259 g/mol. The quantitative estimate of drug-likeness (QED) is 0.885. The van der Waals surface area contributed by atoms with Crippen LogP contribution in [0.1, 0.15) is 17.2 Å². The van der Waals surface area contributed by atoms with Gasteiger partial charge in [-0.15, -0.1) is 0 Å². The van der Waals surface area contributed by atoms with Crippen LogP contribution < -0.4 is 0 Å². The van der Waals surface area contributed by atoms with Gasteiger partial charge in [-0.2, -0.15) is 11.8 Å². The van der Waals surface area contributed by atoms with Crippen molar-refractivity contribution in [1.82, 2.24) is 0 Å². The first-order valence-electron chi connectivity index (χ1n) is 5.32. The predicted molar refractivity (Wildman–Crippen MR) is 68.2 cm³/mol. The number of aryl methyl sites for hydroxylation is 1. The van der Waals surface area contributed by atoms with Crippen LogP contribution in [0.2, 0.25) is 5.02 Å². The van der Waals surface area contributed by atoms with Crippen LogP contribution in [0.25, 0.3) is 0 Å². The monoisotopic (exact) mass is 258 g/mol. The van der Waals surface area contributed by atoms with Gasteiger partial charge in [-0.25, -0.2) is 0 Å². The van der Waals surface area contributed by atoms with Gasteiger partial charge in [-0.1, -0.05) is 23.7 Å². The standard InChI is InChI=1S/C12H15ClO2S/c1-8-2-3-9(6-10(8)13)12(14)11-7-16-5-4-15-11/h2-3,6,11-12,14H,4-5,7H2,1H3. The average Bonchev–Trinajstić information content (AvgIpc) is 2.33. The highest BCUT2D eigenvalue weighted by molar-refractivity contribution is 7.99. The number of hydrogen-bond acceptors (Lipinski definition) is 3. The van der Waals surface area contributed by atoms with Gasteiger partial charge in [0.2, 0.25) is 0 Å². The Kier molecular flexibility index (Phi) is 4.14. The lowest BCUT2D eigenvalue weighted by molar-refractivity contribution is -0.0227. The van der Waals surface area contributed by atoms with Crippen LogP contribution in [0.15, 0.2) is 18.2 Å². The minimum absolute atomic E-state index is 0.113. The van der Waals surface area contributed by atoms with E-state index in [4.69, 9.17) is 16.3 Å². The van der Waals surface area contributed by atoms with Gasteiger partial charge in [0.1, 0.15) is 6.10 Å². The first-order valence-corrected chi connectivity index (χ1v) is 6.85. The maximum atomic E-state index is 10.2. The maximum absolute atomic E-state index is 10.2. The lowest BCUT2D eigenvalue weighted by atomic mass is 10.0. The Labute approximate surface area is 105 Å². The zero-order valence-electron chi connectivity index (χ0n) is 9.15. The molecule has 88 valence electrons. The number of hydrogen-bond donors (Lipinski definition) is 1. The van der Waals surface area contributed by atoms with E-state index in [1.807, 2.05) is 36.9 Å². The summed E-state index contributed by atoms with van der Waals surface area (Å²) < 4.78 is 5.55. The van der Waals surface area contributed by atoms with E-state index in [0.29, 0.717) is 11.6 Å². The molecule has 1 N–H and O–H groups in total. The highest BCUT2D eigenvalue weighted by Crippen LogP contribution is 2.28. The molecule has 2 nitrogen and oxygen atoms in total. The predicted octanol–water partition coefficient (Wildman–Crippen LogP) is 2.81. The van der Waals surface area contributed by atoms with Gasteiger partial charge < -0.3 is 9.84 Å². The Bertz CT molecular complexity index is 364. The largest absolute Gasteiger partial charge is 0.386 e.